The van der Waals surface area contributed by atoms with E-state index in [-0.39, 0.29) is 5.97 Å². The fraction of sp³-hybridized carbons (Fsp3) is 0.895. The lowest BCUT2D eigenvalue weighted by Gasteiger charge is -2.19. The summed E-state index contributed by atoms with van der Waals surface area (Å²) in [6.07, 6.45) is 3.46. The second kappa shape index (κ2) is 13.9. The van der Waals surface area contributed by atoms with E-state index < -0.39 is 25.6 Å². The Labute approximate surface area is 170 Å². The fourth-order valence-corrected chi connectivity index (χ4v) is 2.62. The van der Waals surface area contributed by atoms with Gasteiger partial charge in [-0.15, -0.1) is 9.05 Å². The van der Waals surface area contributed by atoms with E-state index in [4.69, 9.17) is 18.5 Å². The summed E-state index contributed by atoms with van der Waals surface area (Å²) in [5.41, 5.74) is -0.972. The van der Waals surface area contributed by atoms with Crippen LogP contribution in [-0.4, -0.2) is 43.0 Å². The summed E-state index contributed by atoms with van der Waals surface area (Å²) in [7, 11) is -2.14. The average molecular weight is 422 g/mol. The molecule has 28 heavy (non-hydrogen) atoms. The van der Waals surface area contributed by atoms with Gasteiger partial charge in [-0.3, -0.25) is 4.79 Å². The van der Waals surface area contributed by atoms with E-state index in [0.717, 1.165) is 6.42 Å². The number of hydrogen-bond donors (Lipinski definition) is 1. The Morgan fingerprint density at radius 1 is 0.786 bits per heavy atom. The molecular weight excluding hydrogens is 385 g/mol. The van der Waals surface area contributed by atoms with Gasteiger partial charge in [-0.1, -0.05) is 6.42 Å². The van der Waals surface area contributed by atoms with Crippen LogP contribution < -0.4 is 5.32 Å². The molecule has 1 atom stereocenters. The van der Waals surface area contributed by atoms with Crippen molar-refractivity contribution in [2.75, 3.05) is 19.8 Å². The van der Waals surface area contributed by atoms with Crippen molar-refractivity contribution in [3.63, 3.8) is 0 Å². The Balaban J connectivity index is 3.49. The van der Waals surface area contributed by atoms with E-state index in [1.165, 1.54) is 0 Å². The molecule has 0 rings (SSSR count). The van der Waals surface area contributed by atoms with Crippen LogP contribution in [0.3, 0.4) is 0 Å². The topological polar surface area (TPSA) is 100 Å². The lowest BCUT2D eigenvalue weighted by atomic mass is 10.1. The molecule has 164 valence electrons. The van der Waals surface area contributed by atoms with Gasteiger partial charge in [0.05, 0.1) is 0 Å². The minimum Gasteiger partial charge on any atom is -0.460 e. The maximum atomic E-state index is 11.6. The molecule has 0 fully saturated rings. The fourth-order valence-electron chi connectivity index (χ4n) is 1.99. The van der Waals surface area contributed by atoms with Crippen molar-refractivity contribution in [3.8, 4) is 0 Å². The third-order valence-electron chi connectivity index (χ3n) is 3.08. The first-order valence-electron chi connectivity index (χ1n) is 9.81. The van der Waals surface area contributed by atoms with Crippen molar-refractivity contribution < 1.29 is 32.7 Å². The maximum Gasteiger partial charge on any atom is 0.697 e. The zero-order valence-electron chi connectivity index (χ0n) is 18.2. The second-order valence-electron chi connectivity index (χ2n) is 8.42. The number of hydrogen-bond acceptors (Lipinski definition) is 7. The Bertz CT molecular complexity index is 442. The van der Waals surface area contributed by atoms with Crippen LogP contribution in [0.2, 0.25) is 0 Å². The van der Waals surface area contributed by atoms with Gasteiger partial charge in [0, 0.05) is 17.5 Å². The highest BCUT2D eigenvalue weighted by atomic mass is 31.1. The Hall–Kier alpha value is -1.24. The van der Waals surface area contributed by atoms with Gasteiger partial charge in [-0.25, -0.2) is 4.79 Å². The van der Waals surface area contributed by atoms with Gasteiger partial charge in [0.2, 0.25) is 0 Å². The van der Waals surface area contributed by atoms with Crippen LogP contribution in [0.25, 0.3) is 0 Å². The molecule has 0 bridgehead atoms. The Morgan fingerprint density at radius 2 is 1.32 bits per heavy atom. The first-order valence-corrected chi connectivity index (χ1v) is 10.9. The number of carbonyl (C=O) groups excluding carboxylic acids is 2. The molecule has 9 heteroatoms. The highest BCUT2D eigenvalue weighted by molar-refractivity contribution is 7.33. The molecule has 0 aliphatic carbocycles. The molecule has 0 saturated heterocycles. The molecule has 0 aliphatic heterocycles. The van der Waals surface area contributed by atoms with E-state index >= 15 is 0 Å². The van der Waals surface area contributed by atoms with E-state index in [1.807, 2.05) is 20.8 Å². The number of ether oxygens (including phenoxy) is 2. The van der Waals surface area contributed by atoms with Crippen LogP contribution in [0.5, 0.6) is 0 Å². The summed E-state index contributed by atoms with van der Waals surface area (Å²) >= 11 is 0. The number of esters is 1. The SMILES string of the molecule is CC(C)(C)OC(=O)CCCCCO[P+](=O)OCCCCNC(=O)OC(C)(C)C. The molecule has 8 nitrogen and oxygen atoms in total. The summed E-state index contributed by atoms with van der Waals surface area (Å²) in [4.78, 5) is 23.0. The average Bonchev–Trinajstić information content (AvgIpc) is 2.50. The van der Waals surface area contributed by atoms with Gasteiger partial charge in [0.15, 0.2) is 0 Å². The van der Waals surface area contributed by atoms with Gasteiger partial charge in [-0.2, -0.15) is 0 Å². The number of nitrogens with one attached hydrogen (secondary N) is 1. The Kier molecular flexibility index (Phi) is 13.2. The summed E-state index contributed by atoms with van der Waals surface area (Å²) < 4.78 is 32.1. The number of rotatable bonds is 13. The first-order chi connectivity index (χ1) is 12.9. The van der Waals surface area contributed by atoms with Crippen molar-refractivity contribution in [2.24, 2.45) is 0 Å². The van der Waals surface area contributed by atoms with Crippen LogP contribution in [0.1, 0.15) is 80.1 Å². The highest BCUT2D eigenvalue weighted by Crippen LogP contribution is 2.24. The van der Waals surface area contributed by atoms with Gasteiger partial charge in [0.25, 0.3) is 0 Å². The first kappa shape index (κ1) is 26.8. The minimum absolute atomic E-state index is 0.205. The molecule has 0 saturated carbocycles. The summed E-state index contributed by atoms with van der Waals surface area (Å²) in [5.74, 6) is -0.205. The molecule has 0 spiro atoms. The Morgan fingerprint density at radius 3 is 1.86 bits per heavy atom. The van der Waals surface area contributed by atoms with Crippen LogP contribution in [-0.2, 0) is 27.9 Å². The smallest absolute Gasteiger partial charge is 0.460 e. The molecule has 0 heterocycles. The predicted molar refractivity (Wildman–Crippen MR) is 107 cm³/mol. The molecule has 0 aromatic heterocycles. The summed E-state index contributed by atoms with van der Waals surface area (Å²) in [5, 5.41) is 2.65. The van der Waals surface area contributed by atoms with Crippen LogP contribution in [0.15, 0.2) is 0 Å². The predicted octanol–water partition coefficient (Wildman–Crippen LogP) is 4.88. The van der Waals surface area contributed by atoms with E-state index in [9.17, 15) is 14.2 Å². The zero-order valence-corrected chi connectivity index (χ0v) is 19.1. The van der Waals surface area contributed by atoms with Crippen molar-refractivity contribution in [3.05, 3.63) is 0 Å². The zero-order chi connectivity index (χ0) is 21.6. The van der Waals surface area contributed by atoms with Crippen molar-refractivity contribution in [1.29, 1.82) is 0 Å². The largest absolute Gasteiger partial charge is 0.697 e. The van der Waals surface area contributed by atoms with E-state index in [2.05, 4.69) is 5.32 Å². The molecule has 1 unspecified atom stereocenters. The quantitative estimate of drug-likeness (QED) is 0.256. The van der Waals surface area contributed by atoms with Gasteiger partial charge < -0.3 is 14.8 Å². The summed E-state index contributed by atoms with van der Waals surface area (Å²) in [6.45, 7) is 12.0. The lowest BCUT2D eigenvalue weighted by molar-refractivity contribution is -0.154. The number of amides is 1. The van der Waals surface area contributed by atoms with Gasteiger partial charge in [0.1, 0.15) is 24.4 Å². The van der Waals surface area contributed by atoms with Crippen LogP contribution >= 0.6 is 8.25 Å². The number of unbranched alkanes of at least 4 members (excludes halogenated alkanes) is 3. The van der Waals surface area contributed by atoms with E-state index in [0.29, 0.717) is 51.9 Å². The molecule has 1 N–H and O–H groups in total. The van der Waals surface area contributed by atoms with Crippen LogP contribution in [0.4, 0.5) is 4.79 Å². The monoisotopic (exact) mass is 422 g/mol. The van der Waals surface area contributed by atoms with Crippen molar-refractivity contribution in [1.82, 2.24) is 5.32 Å². The van der Waals surface area contributed by atoms with Crippen LogP contribution in [0, 0.1) is 0 Å². The lowest BCUT2D eigenvalue weighted by Crippen LogP contribution is -2.33. The molecule has 0 radical (unpaired) electrons. The molecule has 0 aliphatic rings. The highest BCUT2D eigenvalue weighted by Gasteiger charge is 2.20. The third kappa shape index (κ3) is 19.5. The number of carbonyl (C=O) groups is 2. The molecule has 0 aromatic rings. The second-order valence-corrected chi connectivity index (χ2v) is 9.39. The molecule has 0 aromatic carbocycles. The standard InChI is InChI=1S/C19H36NO7P/c1-18(2,3)26-16(21)12-8-7-10-14-24-28(23)25-15-11-9-13-20-17(22)27-19(4,5)6/h7-15H2,1-6H3/p+1. The normalized spacial score (nSPS) is 12.4. The third-order valence-corrected chi connectivity index (χ3v) is 3.86. The minimum atomic E-state index is -2.14. The van der Waals surface area contributed by atoms with Gasteiger partial charge >= 0.3 is 20.3 Å². The van der Waals surface area contributed by atoms with Gasteiger partial charge in [-0.05, 0) is 67.2 Å². The van der Waals surface area contributed by atoms with Crippen molar-refractivity contribution in [2.45, 2.75) is 91.3 Å². The van der Waals surface area contributed by atoms with Crippen molar-refractivity contribution >= 4 is 20.3 Å². The summed E-state index contributed by atoms with van der Waals surface area (Å²) in [6, 6.07) is 0. The number of alkyl carbamates (subject to hydrolysis) is 1. The van der Waals surface area contributed by atoms with E-state index in [1.54, 1.807) is 20.8 Å². The maximum absolute atomic E-state index is 11.6. The molecular formula is C19H37NO7P+. The molecule has 1 amide bonds.